The van der Waals surface area contributed by atoms with Gasteiger partial charge in [-0.05, 0) is 43.6 Å². The molecule has 2 aliphatic carbocycles. The van der Waals surface area contributed by atoms with Crippen LogP contribution in [0.4, 0.5) is 5.82 Å². The van der Waals surface area contributed by atoms with Crippen molar-refractivity contribution in [2.45, 2.75) is 44.7 Å². The van der Waals surface area contributed by atoms with Gasteiger partial charge >= 0.3 is 0 Å². The van der Waals surface area contributed by atoms with Crippen LogP contribution in [0.3, 0.4) is 0 Å². The number of ether oxygens (including phenoxy) is 1. The molecule has 1 aromatic rings. The second-order valence-electron chi connectivity index (χ2n) is 8.00. The molecule has 2 unspecified atom stereocenters. The summed E-state index contributed by atoms with van der Waals surface area (Å²) in [5.74, 6) is 2.33. The molecule has 6 nitrogen and oxygen atoms in total. The highest BCUT2D eigenvalue weighted by atomic mass is 16.5. The fourth-order valence-electron chi connectivity index (χ4n) is 4.96. The van der Waals surface area contributed by atoms with E-state index in [9.17, 15) is 4.79 Å². The van der Waals surface area contributed by atoms with Gasteiger partial charge in [-0.3, -0.25) is 4.79 Å². The summed E-state index contributed by atoms with van der Waals surface area (Å²) in [4.78, 5) is 19.6. The lowest BCUT2D eigenvalue weighted by Crippen LogP contribution is -2.49. The smallest absolute Gasteiger partial charge is 0.223 e. The summed E-state index contributed by atoms with van der Waals surface area (Å²) in [6.45, 7) is 3.70. The lowest BCUT2D eigenvalue weighted by Gasteiger charge is -2.43. The van der Waals surface area contributed by atoms with E-state index in [2.05, 4.69) is 21.3 Å². The monoisotopic (exact) mass is 358 g/mol. The van der Waals surface area contributed by atoms with E-state index in [1.54, 1.807) is 0 Å². The van der Waals surface area contributed by atoms with Crippen molar-refractivity contribution in [1.29, 1.82) is 0 Å². The quantitative estimate of drug-likeness (QED) is 0.856. The topological polar surface area (TPSA) is 80.5 Å². The molecule has 2 saturated carbocycles. The Morgan fingerprint density at radius 1 is 1.27 bits per heavy atom. The van der Waals surface area contributed by atoms with E-state index >= 15 is 0 Å². The first-order chi connectivity index (χ1) is 12.7. The third-order valence-corrected chi connectivity index (χ3v) is 6.42. The number of hydrogen-bond acceptors (Lipinski definition) is 5. The minimum Gasteiger partial charge on any atom is -0.378 e. The van der Waals surface area contributed by atoms with Gasteiger partial charge in [-0.15, -0.1) is 0 Å². The number of rotatable bonds is 4. The molecule has 1 amide bonds. The van der Waals surface area contributed by atoms with Crippen LogP contribution < -0.4 is 16.0 Å². The van der Waals surface area contributed by atoms with Gasteiger partial charge in [0.05, 0.1) is 13.2 Å². The Balaban J connectivity index is 1.37. The van der Waals surface area contributed by atoms with Crippen LogP contribution in [0.15, 0.2) is 18.3 Å². The molecule has 2 atom stereocenters. The summed E-state index contributed by atoms with van der Waals surface area (Å²) in [5, 5.41) is 3.17. The van der Waals surface area contributed by atoms with Crippen LogP contribution in [-0.4, -0.2) is 43.2 Å². The van der Waals surface area contributed by atoms with Gasteiger partial charge in [0, 0.05) is 43.4 Å². The normalized spacial score (nSPS) is 31.5. The minimum atomic E-state index is 0.119. The maximum Gasteiger partial charge on any atom is 0.223 e. The number of nitrogens with two attached hydrogens (primary N) is 1. The Labute approximate surface area is 155 Å². The molecule has 2 heterocycles. The lowest BCUT2D eigenvalue weighted by molar-refractivity contribution is -0.128. The molecular weight excluding hydrogens is 328 g/mol. The molecule has 6 heteroatoms. The van der Waals surface area contributed by atoms with Crippen LogP contribution >= 0.6 is 0 Å². The highest BCUT2D eigenvalue weighted by molar-refractivity contribution is 5.79. The highest BCUT2D eigenvalue weighted by Crippen LogP contribution is 2.41. The van der Waals surface area contributed by atoms with Crippen LogP contribution in [0.2, 0.25) is 0 Å². The van der Waals surface area contributed by atoms with E-state index in [1.807, 2.05) is 12.3 Å². The number of nitrogens with one attached hydrogen (secondary N) is 1. The molecule has 0 spiro atoms. The number of morpholine rings is 1. The molecule has 2 bridgehead atoms. The number of anilines is 1. The van der Waals surface area contributed by atoms with Crippen molar-refractivity contribution < 1.29 is 9.53 Å². The molecule has 4 rings (SSSR count). The average molecular weight is 358 g/mol. The molecule has 142 valence electrons. The zero-order valence-corrected chi connectivity index (χ0v) is 15.4. The molecule has 1 aromatic heterocycles. The Morgan fingerprint density at radius 3 is 2.73 bits per heavy atom. The number of hydrogen-bond donors (Lipinski definition) is 2. The molecule has 0 radical (unpaired) electrons. The van der Waals surface area contributed by atoms with Gasteiger partial charge in [0.2, 0.25) is 5.91 Å². The molecule has 3 fully saturated rings. The van der Waals surface area contributed by atoms with Gasteiger partial charge in [0.1, 0.15) is 5.82 Å². The summed E-state index contributed by atoms with van der Waals surface area (Å²) >= 11 is 0. The summed E-state index contributed by atoms with van der Waals surface area (Å²) < 4.78 is 5.43. The minimum absolute atomic E-state index is 0.119. The first-order valence-electron chi connectivity index (χ1n) is 10.0. The SMILES string of the molecule is NC1C2CCCC1CC(C(=O)NCc1cccnc1N1CCOCC1)C2. The van der Waals surface area contributed by atoms with Crippen molar-refractivity contribution in [3.05, 3.63) is 23.9 Å². The van der Waals surface area contributed by atoms with Crippen LogP contribution in [0.25, 0.3) is 0 Å². The number of pyridine rings is 1. The molecule has 0 aromatic carbocycles. The summed E-state index contributed by atoms with van der Waals surface area (Å²) in [6, 6.07) is 4.30. The third kappa shape index (κ3) is 3.71. The zero-order valence-electron chi connectivity index (χ0n) is 15.4. The van der Waals surface area contributed by atoms with E-state index in [0.717, 1.165) is 50.5 Å². The molecule has 26 heavy (non-hydrogen) atoms. The van der Waals surface area contributed by atoms with Crippen molar-refractivity contribution in [3.63, 3.8) is 0 Å². The van der Waals surface area contributed by atoms with Gasteiger partial charge < -0.3 is 20.7 Å². The largest absolute Gasteiger partial charge is 0.378 e. The Bertz CT molecular complexity index is 618. The van der Waals surface area contributed by atoms with Gasteiger partial charge in [0.25, 0.3) is 0 Å². The van der Waals surface area contributed by atoms with Crippen molar-refractivity contribution >= 4 is 11.7 Å². The summed E-state index contributed by atoms with van der Waals surface area (Å²) in [7, 11) is 0. The van der Waals surface area contributed by atoms with Crippen LogP contribution in [0.5, 0.6) is 0 Å². The van der Waals surface area contributed by atoms with Gasteiger partial charge in [-0.25, -0.2) is 4.98 Å². The van der Waals surface area contributed by atoms with Gasteiger partial charge in [0.15, 0.2) is 0 Å². The predicted molar refractivity (Wildman–Crippen MR) is 101 cm³/mol. The number of carbonyl (C=O) groups is 1. The van der Waals surface area contributed by atoms with Crippen LogP contribution in [0.1, 0.15) is 37.7 Å². The number of amides is 1. The van der Waals surface area contributed by atoms with Gasteiger partial charge in [-0.2, -0.15) is 0 Å². The second kappa shape index (κ2) is 7.92. The molecule has 1 aliphatic heterocycles. The maximum atomic E-state index is 12.8. The number of nitrogens with zero attached hydrogens (tertiary/aromatic N) is 2. The Morgan fingerprint density at radius 2 is 2.00 bits per heavy atom. The molecule has 1 saturated heterocycles. The van der Waals surface area contributed by atoms with Gasteiger partial charge in [-0.1, -0.05) is 12.5 Å². The van der Waals surface area contributed by atoms with Crippen molar-refractivity contribution in [2.24, 2.45) is 23.5 Å². The van der Waals surface area contributed by atoms with E-state index < -0.39 is 0 Å². The van der Waals surface area contributed by atoms with Crippen LogP contribution in [0, 0.1) is 17.8 Å². The highest BCUT2D eigenvalue weighted by Gasteiger charge is 2.40. The molecule has 3 N–H and O–H groups in total. The standard InChI is InChI=1S/C20H30N4O2/c21-18-14-3-1-4-15(18)12-17(11-14)20(25)23-13-16-5-2-6-22-19(16)24-7-9-26-10-8-24/h2,5-6,14-15,17-18H,1,3-4,7-13,21H2,(H,23,25). The number of aromatic nitrogens is 1. The van der Waals surface area contributed by atoms with Crippen molar-refractivity contribution in [2.75, 3.05) is 31.2 Å². The van der Waals surface area contributed by atoms with E-state index in [0.29, 0.717) is 24.4 Å². The number of fused-ring (bicyclic) bond motifs is 2. The lowest BCUT2D eigenvalue weighted by atomic mass is 9.65. The third-order valence-electron chi connectivity index (χ3n) is 6.42. The zero-order chi connectivity index (χ0) is 17.9. The summed E-state index contributed by atoms with van der Waals surface area (Å²) in [6.07, 6.45) is 7.37. The number of carbonyl (C=O) groups excluding carboxylic acids is 1. The van der Waals surface area contributed by atoms with E-state index in [1.165, 1.54) is 19.3 Å². The van der Waals surface area contributed by atoms with Crippen molar-refractivity contribution in [1.82, 2.24) is 10.3 Å². The van der Waals surface area contributed by atoms with Crippen molar-refractivity contribution in [3.8, 4) is 0 Å². The van der Waals surface area contributed by atoms with E-state index in [-0.39, 0.29) is 11.8 Å². The molecule has 3 aliphatic rings. The second-order valence-corrected chi connectivity index (χ2v) is 8.00. The Hall–Kier alpha value is -1.66. The molecular formula is C20H30N4O2. The fourth-order valence-corrected chi connectivity index (χ4v) is 4.96. The first-order valence-corrected chi connectivity index (χ1v) is 10.0. The fraction of sp³-hybridized carbons (Fsp3) is 0.700. The first kappa shape index (κ1) is 17.7. The maximum absolute atomic E-state index is 12.8. The van der Waals surface area contributed by atoms with Crippen LogP contribution in [-0.2, 0) is 16.1 Å². The summed E-state index contributed by atoms with van der Waals surface area (Å²) in [5.41, 5.74) is 7.44. The predicted octanol–water partition coefficient (Wildman–Crippen LogP) is 1.69. The van der Waals surface area contributed by atoms with E-state index in [4.69, 9.17) is 10.5 Å². The average Bonchev–Trinajstić information content (AvgIpc) is 2.67. The Kier molecular flexibility index (Phi) is 5.41.